The van der Waals surface area contributed by atoms with Crippen LogP contribution in [0.1, 0.15) is 17.9 Å². The highest BCUT2D eigenvalue weighted by molar-refractivity contribution is 5.94. The number of nitrogens with zero attached hydrogens (tertiary/aromatic N) is 2. The van der Waals surface area contributed by atoms with Gasteiger partial charge in [-0.25, -0.2) is 4.98 Å². The third-order valence-corrected chi connectivity index (χ3v) is 3.46. The summed E-state index contributed by atoms with van der Waals surface area (Å²) in [6.45, 7) is 0. The van der Waals surface area contributed by atoms with Gasteiger partial charge in [-0.1, -0.05) is 12.1 Å². The Balaban J connectivity index is 1.65. The monoisotopic (exact) mass is 269 g/mol. The van der Waals surface area contributed by atoms with E-state index in [2.05, 4.69) is 15.3 Å². The van der Waals surface area contributed by atoms with Gasteiger partial charge in [0.25, 0.3) is 0 Å². The van der Waals surface area contributed by atoms with E-state index in [0.717, 1.165) is 17.7 Å². The molecule has 0 spiro atoms. The lowest BCUT2D eigenvalue weighted by molar-refractivity contribution is -0.117. The van der Waals surface area contributed by atoms with E-state index < -0.39 is 0 Å². The molecule has 1 aliphatic carbocycles. The van der Waals surface area contributed by atoms with Gasteiger partial charge in [0.2, 0.25) is 5.91 Å². The number of carbonyl (C=O) groups excluding carboxylic acids is 1. The summed E-state index contributed by atoms with van der Waals surface area (Å²) >= 11 is 0. The average Bonchev–Trinajstić information content (AvgIpc) is 3.29. The molecule has 1 aromatic carbocycles. The van der Waals surface area contributed by atoms with Crippen molar-refractivity contribution in [3.05, 3.63) is 48.4 Å². The Morgan fingerprint density at radius 2 is 2.30 bits per heavy atom. The number of anilines is 1. The van der Waals surface area contributed by atoms with E-state index in [0.29, 0.717) is 5.82 Å². The minimum atomic E-state index is -0.00156. The first-order chi connectivity index (χ1) is 9.78. The molecule has 0 aliphatic heterocycles. The summed E-state index contributed by atoms with van der Waals surface area (Å²) in [7, 11) is 1.64. The summed E-state index contributed by atoms with van der Waals surface area (Å²) < 4.78 is 5.21. The molecule has 0 radical (unpaired) electrons. The summed E-state index contributed by atoms with van der Waals surface area (Å²) in [6, 6.07) is 7.87. The summed E-state index contributed by atoms with van der Waals surface area (Å²) in [5, 5.41) is 2.79. The molecule has 1 fully saturated rings. The molecule has 102 valence electrons. The van der Waals surface area contributed by atoms with Crippen LogP contribution in [0.3, 0.4) is 0 Å². The minimum absolute atomic E-state index is 0.00156. The molecular weight excluding hydrogens is 254 g/mol. The fourth-order valence-electron chi connectivity index (χ4n) is 2.31. The third kappa shape index (κ3) is 2.61. The van der Waals surface area contributed by atoms with Crippen LogP contribution < -0.4 is 10.1 Å². The molecule has 1 aromatic heterocycles. The van der Waals surface area contributed by atoms with Crippen molar-refractivity contribution in [1.82, 2.24) is 9.97 Å². The van der Waals surface area contributed by atoms with Gasteiger partial charge in [0.1, 0.15) is 5.75 Å². The van der Waals surface area contributed by atoms with Crippen LogP contribution in [0.5, 0.6) is 5.75 Å². The van der Waals surface area contributed by atoms with Crippen molar-refractivity contribution in [3.63, 3.8) is 0 Å². The number of amides is 1. The highest BCUT2D eigenvalue weighted by Gasteiger charge is 2.44. The first-order valence-electron chi connectivity index (χ1n) is 6.49. The van der Waals surface area contributed by atoms with Crippen molar-refractivity contribution in [2.45, 2.75) is 12.3 Å². The zero-order valence-corrected chi connectivity index (χ0v) is 11.1. The molecule has 1 aliphatic rings. The molecule has 5 heteroatoms. The van der Waals surface area contributed by atoms with Gasteiger partial charge in [-0.15, -0.1) is 0 Å². The average molecular weight is 269 g/mol. The second-order valence-corrected chi connectivity index (χ2v) is 4.81. The van der Waals surface area contributed by atoms with Crippen molar-refractivity contribution in [1.29, 1.82) is 0 Å². The van der Waals surface area contributed by atoms with Crippen molar-refractivity contribution in [2.75, 3.05) is 12.4 Å². The van der Waals surface area contributed by atoms with Gasteiger partial charge in [-0.2, -0.15) is 0 Å². The molecule has 20 heavy (non-hydrogen) atoms. The van der Waals surface area contributed by atoms with Gasteiger partial charge in [0.15, 0.2) is 5.82 Å². The third-order valence-electron chi connectivity index (χ3n) is 3.46. The van der Waals surface area contributed by atoms with E-state index in [1.807, 2.05) is 24.3 Å². The first-order valence-corrected chi connectivity index (χ1v) is 6.49. The Morgan fingerprint density at radius 3 is 3.05 bits per heavy atom. The van der Waals surface area contributed by atoms with E-state index in [1.165, 1.54) is 0 Å². The van der Waals surface area contributed by atoms with Crippen LogP contribution in [0.2, 0.25) is 0 Å². The van der Waals surface area contributed by atoms with Gasteiger partial charge in [0, 0.05) is 18.3 Å². The molecule has 1 N–H and O–H groups in total. The van der Waals surface area contributed by atoms with Gasteiger partial charge >= 0.3 is 0 Å². The first kappa shape index (κ1) is 12.6. The lowest BCUT2D eigenvalue weighted by Crippen LogP contribution is -2.15. The lowest BCUT2D eigenvalue weighted by Gasteiger charge is -2.05. The number of methoxy groups -OCH3 is 1. The Morgan fingerprint density at radius 1 is 1.40 bits per heavy atom. The van der Waals surface area contributed by atoms with Crippen LogP contribution in [-0.2, 0) is 4.79 Å². The minimum Gasteiger partial charge on any atom is -0.497 e. The van der Waals surface area contributed by atoms with E-state index >= 15 is 0 Å². The Labute approximate surface area is 117 Å². The van der Waals surface area contributed by atoms with Crippen LogP contribution in [0.15, 0.2) is 42.9 Å². The van der Waals surface area contributed by atoms with Crippen molar-refractivity contribution in [3.8, 4) is 5.75 Å². The Kier molecular flexibility index (Phi) is 3.33. The van der Waals surface area contributed by atoms with Crippen LogP contribution >= 0.6 is 0 Å². The quantitative estimate of drug-likeness (QED) is 0.924. The van der Waals surface area contributed by atoms with Gasteiger partial charge in [-0.05, 0) is 30.0 Å². The van der Waals surface area contributed by atoms with E-state index in [-0.39, 0.29) is 17.7 Å². The highest BCUT2D eigenvalue weighted by Crippen LogP contribution is 2.48. The molecule has 3 rings (SSSR count). The second-order valence-electron chi connectivity index (χ2n) is 4.81. The molecule has 0 unspecified atom stereocenters. The predicted molar refractivity (Wildman–Crippen MR) is 74.5 cm³/mol. The van der Waals surface area contributed by atoms with Crippen molar-refractivity contribution in [2.24, 2.45) is 5.92 Å². The number of nitrogens with one attached hydrogen (secondary N) is 1. The molecule has 1 saturated carbocycles. The van der Waals surface area contributed by atoms with E-state index in [1.54, 1.807) is 25.7 Å². The summed E-state index contributed by atoms with van der Waals surface area (Å²) in [6.07, 6.45) is 5.54. The second kappa shape index (κ2) is 5.28. The molecule has 0 saturated heterocycles. The Bertz CT molecular complexity index is 616. The molecule has 5 nitrogen and oxygen atoms in total. The molecule has 1 heterocycles. The van der Waals surface area contributed by atoms with Crippen LogP contribution in [0, 0.1) is 5.92 Å². The maximum Gasteiger partial charge on any atom is 0.229 e. The van der Waals surface area contributed by atoms with Crippen molar-refractivity contribution >= 4 is 11.7 Å². The number of ether oxygens (including phenoxy) is 1. The SMILES string of the molecule is COc1cccc([C@@H]2C[C@@H]2C(=O)Nc2cnccn2)c1. The highest BCUT2D eigenvalue weighted by atomic mass is 16.5. The topological polar surface area (TPSA) is 64.1 Å². The fraction of sp³-hybridized carbons (Fsp3) is 0.267. The number of benzene rings is 1. The standard InChI is InChI=1S/C15H15N3O2/c1-20-11-4-2-3-10(7-11)12-8-13(12)15(19)18-14-9-16-5-6-17-14/h2-7,9,12-13H,8H2,1H3,(H,17,18,19)/t12-,13-/m0/s1. The van der Waals surface area contributed by atoms with Crippen LogP contribution in [0.4, 0.5) is 5.82 Å². The van der Waals surface area contributed by atoms with Gasteiger partial charge in [0.05, 0.1) is 13.3 Å². The molecule has 2 aromatic rings. The Hall–Kier alpha value is -2.43. The van der Waals surface area contributed by atoms with E-state index in [4.69, 9.17) is 4.74 Å². The smallest absolute Gasteiger partial charge is 0.229 e. The largest absolute Gasteiger partial charge is 0.497 e. The summed E-state index contributed by atoms with van der Waals surface area (Å²) in [5.74, 6) is 1.58. The molecule has 0 bridgehead atoms. The number of rotatable bonds is 4. The maximum absolute atomic E-state index is 12.1. The van der Waals surface area contributed by atoms with Crippen LogP contribution in [0.25, 0.3) is 0 Å². The normalized spacial score (nSPS) is 20.2. The fourth-order valence-corrected chi connectivity index (χ4v) is 2.31. The van der Waals surface area contributed by atoms with Gasteiger partial charge < -0.3 is 10.1 Å². The summed E-state index contributed by atoms with van der Waals surface area (Å²) in [5.41, 5.74) is 1.14. The maximum atomic E-state index is 12.1. The summed E-state index contributed by atoms with van der Waals surface area (Å²) in [4.78, 5) is 20.1. The van der Waals surface area contributed by atoms with Gasteiger partial charge in [-0.3, -0.25) is 9.78 Å². The molecular formula is C15H15N3O2. The zero-order chi connectivity index (χ0) is 13.9. The zero-order valence-electron chi connectivity index (χ0n) is 11.1. The van der Waals surface area contributed by atoms with Crippen LogP contribution in [-0.4, -0.2) is 23.0 Å². The molecule has 2 atom stereocenters. The molecule has 1 amide bonds. The van der Waals surface area contributed by atoms with Crippen molar-refractivity contribution < 1.29 is 9.53 Å². The number of aromatic nitrogens is 2. The van der Waals surface area contributed by atoms with E-state index in [9.17, 15) is 4.79 Å². The number of carbonyl (C=O) groups is 1. The number of hydrogen-bond acceptors (Lipinski definition) is 4. The number of hydrogen-bond donors (Lipinski definition) is 1. The predicted octanol–water partition coefficient (Wildman–Crippen LogP) is 2.23. The lowest BCUT2D eigenvalue weighted by atomic mass is 10.1.